The molecule has 1 aromatic rings. The van der Waals surface area contributed by atoms with Crippen LogP contribution in [0.4, 0.5) is 0 Å². The molecule has 0 fully saturated rings. The van der Waals surface area contributed by atoms with Crippen molar-refractivity contribution in [3.63, 3.8) is 0 Å². The van der Waals surface area contributed by atoms with Crippen LogP contribution in [-0.2, 0) is 16.4 Å². The van der Waals surface area contributed by atoms with Crippen LogP contribution in [0.15, 0.2) is 34.3 Å². The van der Waals surface area contributed by atoms with Crippen molar-refractivity contribution in [2.24, 2.45) is 5.11 Å². The Morgan fingerprint density at radius 3 is 2.64 bits per heavy atom. The highest BCUT2D eigenvalue weighted by Crippen LogP contribution is 2.15. The highest BCUT2D eigenvalue weighted by Gasteiger charge is 2.10. The summed E-state index contributed by atoms with van der Waals surface area (Å²) < 4.78 is 22.6. The van der Waals surface area contributed by atoms with Gasteiger partial charge in [0.05, 0.1) is 11.4 Å². The SMILES string of the molecule is CS(=O)(=O)c1ccccc1CN=[N+]=[N-]. The third kappa shape index (κ3) is 2.48. The second-order valence-corrected chi connectivity index (χ2v) is 4.75. The zero-order chi connectivity index (χ0) is 10.6. The van der Waals surface area contributed by atoms with E-state index in [-0.39, 0.29) is 11.4 Å². The Labute approximate surface area is 81.9 Å². The van der Waals surface area contributed by atoms with Gasteiger partial charge >= 0.3 is 0 Å². The molecule has 0 saturated carbocycles. The van der Waals surface area contributed by atoms with Gasteiger partial charge in [-0.2, -0.15) is 0 Å². The molecule has 5 nitrogen and oxygen atoms in total. The van der Waals surface area contributed by atoms with Crippen LogP contribution in [0.2, 0.25) is 0 Å². The first-order valence-corrected chi connectivity index (χ1v) is 5.73. The summed E-state index contributed by atoms with van der Waals surface area (Å²) >= 11 is 0. The minimum atomic E-state index is -3.25. The highest BCUT2D eigenvalue weighted by molar-refractivity contribution is 7.90. The van der Waals surface area contributed by atoms with E-state index in [0.717, 1.165) is 6.26 Å². The molecule has 74 valence electrons. The van der Waals surface area contributed by atoms with E-state index in [9.17, 15) is 8.42 Å². The zero-order valence-corrected chi connectivity index (χ0v) is 8.40. The minimum absolute atomic E-state index is 0.0553. The van der Waals surface area contributed by atoms with Crippen molar-refractivity contribution in [1.29, 1.82) is 0 Å². The molecule has 0 unspecified atom stereocenters. The summed E-state index contributed by atoms with van der Waals surface area (Å²) in [7, 11) is -3.25. The molecule has 0 bridgehead atoms. The van der Waals surface area contributed by atoms with Gasteiger partial charge in [-0.1, -0.05) is 23.3 Å². The van der Waals surface area contributed by atoms with Crippen LogP contribution in [0.5, 0.6) is 0 Å². The molecule has 0 atom stereocenters. The maximum absolute atomic E-state index is 11.3. The number of sulfone groups is 1. The molecule has 0 amide bonds. The van der Waals surface area contributed by atoms with E-state index in [1.807, 2.05) is 0 Å². The second kappa shape index (κ2) is 4.13. The Kier molecular flexibility index (Phi) is 3.11. The lowest BCUT2D eigenvalue weighted by atomic mass is 10.2. The minimum Gasteiger partial charge on any atom is -0.224 e. The quantitative estimate of drug-likeness (QED) is 0.434. The van der Waals surface area contributed by atoms with Crippen LogP contribution >= 0.6 is 0 Å². The van der Waals surface area contributed by atoms with Crippen LogP contribution in [0.1, 0.15) is 5.56 Å². The fraction of sp³-hybridized carbons (Fsp3) is 0.250. The van der Waals surface area contributed by atoms with Crippen molar-refractivity contribution < 1.29 is 8.42 Å². The molecule has 0 aliphatic carbocycles. The number of benzene rings is 1. The van der Waals surface area contributed by atoms with Crippen molar-refractivity contribution in [3.8, 4) is 0 Å². The normalized spacial score (nSPS) is 10.6. The molecule has 1 aromatic carbocycles. The van der Waals surface area contributed by atoms with Gasteiger partial charge in [0.2, 0.25) is 0 Å². The molecule has 14 heavy (non-hydrogen) atoms. The number of rotatable bonds is 3. The Hall–Kier alpha value is -1.52. The Morgan fingerprint density at radius 1 is 1.43 bits per heavy atom. The first kappa shape index (κ1) is 10.6. The molecule has 0 aromatic heterocycles. The number of nitrogens with zero attached hydrogens (tertiary/aromatic N) is 3. The lowest BCUT2D eigenvalue weighted by molar-refractivity contribution is 0.600. The monoisotopic (exact) mass is 211 g/mol. The predicted octanol–water partition coefficient (Wildman–Crippen LogP) is 1.90. The molecule has 1 rings (SSSR count). The van der Waals surface area contributed by atoms with Crippen molar-refractivity contribution >= 4 is 9.84 Å². The van der Waals surface area contributed by atoms with Gasteiger partial charge in [-0.25, -0.2) is 8.42 Å². The maximum Gasteiger partial charge on any atom is 0.175 e. The van der Waals surface area contributed by atoms with E-state index in [4.69, 9.17) is 5.53 Å². The van der Waals surface area contributed by atoms with Gasteiger partial charge in [0.15, 0.2) is 9.84 Å². The Balaban J connectivity index is 3.23. The zero-order valence-electron chi connectivity index (χ0n) is 7.58. The van der Waals surface area contributed by atoms with Crippen LogP contribution in [0, 0.1) is 0 Å². The molecule has 0 radical (unpaired) electrons. The standard InChI is InChI=1S/C8H9N3O2S/c1-14(12,13)8-5-3-2-4-7(8)6-10-11-9/h2-5H,6H2,1H3. The van der Waals surface area contributed by atoms with E-state index in [0.29, 0.717) is 5.56 Å². The largest absolute Gasteiger partial charge is 0.224 e. The van der Waals surface area contributed by atoms with Crippen LogP contribution < -0.4 is 0 Å². The Morgan fingerprint density at radius 2 is 2.07 bits per heavy atom. The van der Waals surface area contributed by atoms with Gasteiger partial charge in [-0.15, -0.1) is 0 Å². The average Bonchev–Trinajstić information content (AvgIpc) is 2.14. The fourth-order valence-electron chi connectivity index (χ4n) is 1.10. The van der Waals surface area contributed by atoms with Crippen molar-refractivity contribution in [2.45, 2.75) is 11.4 Å². The highest BCUT2D eigenvalue weighted by atomic mass is 32.2. The molecule has 0 saturated heterocycles. The van der Waals surface area contributed by atoms with Gasteiger partial charge in [0, 0.05) is 11.2 Å². The van der Waals surface area contributed by atoms with E-state index < -0.39 is 9.84 Å². The Bertz CT molecular complexity index is 475. The van der Waals surface area contributed by atoms with E-state index >= 15 is 0 Å². The summed E-state index contributed by atoms with van der Waals surface area (Å²) in [4.78, 5) is 2.80. The van der Waals surface area contributed by atoms with Gasteiger partial charge in [0.25, 0.3) is 0 Å². The third-order valence-electron chi connectivity index (χ3n) is 1.68. The van der Waals surface area contributed by atoms with Crippen LogP contribution in [0.25, 0.3) is 10.4 Å². The van der Waals surface area contributed by atoms with Crippen molar-refractivity contribution in [2.75, 3.05) is 6.26 Å². The second-order valence-electron chi connectivity index (χ2n) is 2.77. The summed E-state index contributed by atoms with van der Waals surface area (Å²) in [6.45, 7) is 0.0553. The summed E-state index contributed by atoms with van der Waals surface area (Å²) in [6, 6.07) is 6.47. The summed E-state index contributed by atoms with van der Waals surface area (Å²) in [5, 5.41) is 3.33. The molecule has 0 heterocycles. The van der Waals surface area contributed by atoms with Gasteiger partial charge in [0.1, 0.15) is 0 Å². The van der Waals surface area contributed by atoms with Crippen LogP contribution in [0.3, 0.4) is 0 Å². The molecule has 0 N–H and O–H groups in total. The lowest BCUT2D eigenvalue weighted by Crippen LogP contribution is -2.01. The number of hydrogen-bond acceptors (Lipinski definition) is 3. The molecule has 0 spiro atoms. The van der Waals surface area contributed by atoms with E-state index in [2.05, 4.69) is 10.0 Å². The first-order valence-electron chi connectivity index (χ1n) is 3.84. The summed E-state index contributed by atoms with van der Waals surface area (Å²) in [6.07, 6.45) is 1.13. The van der Waals surface area contributed by atoms with Gasteiger partial charge in [-0.3, -0.25) is 0 Å². The molecular formula is C8H9N3O2S. The summed E-state index contributed by atoms with van der Waals surface area (Å²) in [5.74, 6) is 0. The maximum atomic E-state index is 11.3. The smallest absolute Gasteiger partial charge is 0.175 e. The first-order chi connectivity index (χ1) is 6.55. The predicted molar refractivity (Wildman–Crippen MR) is 52.4 cm³/mol. The lowest BCUT2D eigenvalue weighted by Gasteiger charge is -2.03. The number of azide groups is 1. The fourth-order valence-corrected chi connectivity index (χ4v) is 2.04. The molecule has 6 heteroatoms. The average molecular weight is 211 g/mol. The number of hydrogen-bond donors (Lipinski definition) is 0. The van der Waals surface area contributed by atoms with Crippen LogP contribution in [-0.4, -0.2) is 14.7 Å². The summed E-state index contributed by atoms with van der Waals surface area (Å²) in [5.41, 5.74) is 8.65. The van der Waals surface area contributed by atoms with Gasteiger partial charge in [-0.05, 0) is 17.2 Å². The van der Waals surface area contributed by atoms with Crippen molar-refractivity contribution in [3.05, 3.63) is 40.3 Å². The molecular weight excluding hydrogens is 202 g/mol. The van der Waals surface area contributed by atoms with Crippen molar-refractivity contribution in [1.82, 2.24) is 0 Å². The topological polar surface area (TPSA) is 82.9 Å². The van der Waals surface area contributed by atoms with Gasteiger partial charge < -0.3 is 0 Å². The molecule has 0 aliphatic heterocycles. The van der Waals surface area contributed by atoms with E-state index in [1.54, 1.807) is 18.2 Å². The van der Waals surface area contributed by atoms with E-state index in [1.165, 1.54) is 6.07 Å². The molecule has 0 aliphatic rings. The third-order valence-corrected chi connectivity index (χ3v) is 2.87.